The number of nitrogens with two attached hydrogens (primary N) is 1. The Kier molecular flexibility index (Phi) is 15.4. The molecule has 1 fully saturated rings. The van der Waals surface area contributed by atoms with Crippen LogP contribution in [-0.4, -0.2) is 93.1 Å². The van der Waals surface area contributed by atoms with Crippen molar-refractivity contribution < 1.29 is 49.4 Å². The summed E-state index contributed by atoms with van der Waals surface area (Å²) in [4.78, 5) is 23.7. The van der Waals surface area contributed by atoms with Gasteiger partial charge < -0.3 is 50.4 Å². The number of aliphatic hydroxyl groups is 2. The summed E-state index contributed by atoms with van der Waals surface area (Å²) in [6, 6.07) is 8.85. The lowest BCUT2D eigenvalue weighted by Crippen LogP contribution is -2.44. The van der Waals surface area contributed by atoms with Gasteiger partial charge in [-0.3, -0.25) is 0 Å². The lowest BCUT2D eigenvalue weighted by Gasteiger charge is -2.32. The molecule has 0 aromatic heterocycles. The predicted octanol–water partition coefficient (Wildman–Crippen LogP) is 2.20. The molecular formula is C30H52B2N2O10. The summed E-state index contributed by atoms with van der Waals surface area (Å²) in [5.74, 6) is -2.12. The van der Waals surface area contributed by atoms with Crippen LogP contribution in [0.2, 0.25) is 0 Å². The number of nitrogens with zero attached hydrogens (tertiary/aromatic N) is 1. The van der Waals surface area contributed by atoms with Crippen molar-refractivity contribution in [1.82, 2.24) is 0 Å². The molecule has 14 heteroatoms. The molecule has 248 valence electrons. The number of rotatable bonds is 6. The quantitative estimate of drug-likeness (QED) is 0.183. The monoisotopic (exact) mass is 622 g/mol. The van der Waals surface area contributed by atoms with E-state index in [9.17, 15) is 14.7 Å². The second kappa shape index (κ2) is 15.7. The van der Waals surface area contributed by atoms with Crippen molar-refractivity contribution in [1.29, 1.82) is 0 Å². The SMILES string of the molecule is C.C.CC(C)(O)C(C)(C)O.CN(C)c1cc(B2OC(C)(C)C(C)(C)O2)cc(C(=O)O)c1.Nc1cc(B(O)O)cc(C(=O)O)c1. The fourth-order valence-corrected chi connectivity index (χ4v) is 3.08. The minimum atomic E-state index is -1.71. The average molecular weight is 622 g/mol. The molecule has 1 aliphatic rings. The van der Waals surface area contributed by atoms with Gasteiger partial charge in [-0.2, -0.15) is 0 Å². The van der Waals surface area contributed by atoms with Crippen LogP contribution in [0.5, 0.6) is 0 Å². The smallest absolute Gasteiger partial charge is 0.478 e. The lowest BCUT2D eigenvalue weighted by atomic mass is 9.78. The number of carboxylic acids is 2. The standard InChI is InChI=1S/C15H22BNO4.C7H8BNO4.C6H14O2.2CH4/c1-14(2)15(3,4)21-16(20-14)11-7-10(13(18)19)8-12(9-11)17(5)6;9-6-2-4(7(10)11)1-5(3-6)8(12)13;1-5(2,7)6(3,4)8;;/h7-9H,1-6H3,(H,18,19);1-3,12-13H,9H2,(H,10,11);7-8H,1-4H3;2*1H4. The molecule has 0 unspecified atom stereocenters. The second-order valence-electron chi connectivity index (χ2n) is 12.3. The van der Waals surface area contributed by atoms with Crippen LogP contribution in [0.15, 0.2) is 36.4 Å². The first-order valence-electron chi connectivity index (χ1n) is 13.1. The van der Waals surface area contributed by atoms with Crippen LogP contribution in [0.25, 0.3) is 0 Å². The van der Waals surface area contributed by atoms with Gasteiger partial charge in [0.1, 0.15) is 0 Å². The van der Waals surface area contributed by atoms with Crippen molar-refractivity contribution in [2.24, 2.45) is 0 Å². The van der Waals surface area contributed by atoms with Gasteiger partial charge in [0.15, 0.2) is 0 Å². The van der Waals surface area contributed by atoms with Gasteiger partial charge in [-0.05, 0) is 103 Å². The highest BCUT2D eigenvalue weighted by Gasteiger charge is 2.51. The Morgan fingerprint density at radius 1 is 0.795 bits per heavy atom. The molecule has 1 heterocycles. The Morgan fingerprint density at radius 2 is 1.20 bits per heavy atom. The van der Waals surface area contributed by atoms with Crippen LogP contribution in [0.3, 0.4) is 0 Å². The fourth-order valence-electron chi connectivity index (χ4n) is 3.08. The van der Waals surface area contributed by atoms with Gasteiger partial charge in [0.2, 0.25) is 0 Å². The number of anilines is 2. The van der Waals surface area contributed by atoms with Gasteiger partial charge in [-0.25, -0.2) is 9.59 Å². The molecule has 0 saturated carbocycles. The summed E-state index contributed by atoms with van der Waals surface area (Å²) in [6.45, 7) is 14.2. The highest BCUT2D eigenvalue weighted by atomic mass is 16.7. The van der Waals surface area contributed by atoms with Gasteiger partial charge in [0.25, 0.3) is 0 Å². The maximum absolute atomic E-state index is 11.3. The molecule has 1 aliphatic heterocycles. The summed E-state index contributed by atoms with van der Waals surface area (Å²) in [7, 11) is 1.47. The van der Waals surface area contributed by atoms with E-state index in [1.165, 1.54) is 12.1 Å². The molecular weight excluding hydrogens is 570 g/mol. The summed E-state index contributed by atoms with van der Waals surface area (Å²) < 4.78 is 12.0. The number of benzene rings is 2. The number of nitrogen functional groups attached to an aromatic ring is 1. The molecule has 0 amide bonds. The van der Waals surface area contributed by atoms with Crippen LogP contribution < -0.4 is 21.6 Å². The first-order valence-corrected chi connectivity index (χ1v) is 13.1. The average Bonchev–Trinajstić information content (AvgIpc) is 3.04. The normalized spacial score (nSPS) is 14.8. The van der Waals surface area contributed by atoms with Crippen LogP contribution in [0.1, 0.15) is 91.0 Å². The molecule has 12 nitrogen and oxygen atoms in total. The molecule has 44 heavy (non-hydrogen) atoms. The highest BCUT2D eigenvalue weighted by molar-refractivity contribution is 6.62. The predicted molar refractivity (Wildman–Crippen MR) is 177 cm³/mol. The van der Waals surface area contributed by atoms with Gasteiger partial charge in [0, 0.05) is 25.5 Å². The Labute approximate surface area is 262 Å². The van der Waals surface area contributed by atoms with Crippen molar-refractivity contribution in [2.75, 3.05) is 24.7 Å². The summed E-state index contributed by atoms with van der Waals surface area (Å²) >= 11 is 0. The molecule has 0 aliphatic carbocycles. The molecule has 2 aromatic carbocycles. The van der Waals surface area contributed by atoms with E-state index in [1.54, 1.807) is 39.8 Å². The maximum Gasteiger partial charge on any atom is 0.494 e. The number of hydrogen-bond donors (Lipinski definition) is 7. The highest BCUT2D eigenvalue weighted by Crippen LogP contribution is 2.36. The van der Waals surface area contributed by atoms with E-state index >= 15 is 0 Å². The number of carboxylic acid groups (broad SMARTS) is 2. The Bertz CT molecular complexity index is 1230. The zero-order valence-electron chi connectivity index (χ0n) is 26.0. The third kappa shape index (κ3) is 11.8. The Morgan fingerprint density at radius 3 is 1.55 bits per heavy atom. The van der Waals surface area contributed by atoms with Crippen LogP contribution in [-0.2, 0) is 9.31 Å². The molecule has 3 rings (SSSR count). The van der Waals surface area contributed by atoms with E-state index in [4.69, 9.17) is 40.4 Å². The van der Waals surface area contributed by atoms with Crippen molar-refractivity contribution >= 4 is 48.5 Å². The van der Waals surface area contributed by atoms with E-state index in [1.807, 2.05) is 52.8 Å². The van der Waals surface area contributed by atoms with Crippen molar-refractivity contribution in [3.63, 3.8) is 0 Å². The van der Waals surface area contributed by atoms with Crippen LogP contribution in [0, 0.1) is 0 Å². The first kappa shape index (κ1) is 43.0. The fraction of sp³-hybridized carbons (Fsp3) is 0.533. The first-order chi connectivity index (χ1) is 18.8. The van der Waals surface area contributed by atoms with Crippen molar-refractivity contribution in [2.45, 2.75) is 92.6 Å². The minimum absolute atomic E-state index is 0. The third-order valence-corrected chi connectivity index (χ3v) is 7.25. The van der Waals surface area contributed by atoms with Gasteiger partial charge in [-0.1, -0.05) is 14.9 Å². The Hall–Kier alpha value is -3.13. The largest absolute Gasteiger partial charge is 0.494 e. The molecule has 8 N–H and O–H groups in total. The molecule has 0 bridgehead atoms. The summed E-state index contributed by atoms with van der Waals surface area (Å²) in [5, 5.41) is 53.6. The van der Waals surface area contributed by atoms with Gasteiger partial charge >= 0.3 is 26.2 Å². The zero-order valence-corrected chi connectivity index (χ0v) is 26.0. The van der Waals surface area contributed by atoms with Gasteiger partial charge in [-0.15, -0.1) is 0 Å². The van der Waals surface area contributed by atoms with Crippen molar-refractivity contribution in [3.8, 4) is 0 Å². The number of aromatic carboxylic acids is 2. The van der Waals surface area contributed by atoms with Crippen LogP contribution >= 0.6 is 0 Å². The molecule has 0 atom stereocenters. The second-order valence-corrected chi connectivity index (χ2v) is 12.3. The molecule has 0 spiro atoms. The molecule has 0 radical (unpaired) electrons. The summed E-state index contributed by atoms with van der Waals surface area (Å²) in [5.41, 5.74) is 4.37. The van der Waals surface area contributed by atoms with E-state index in [0.717, 1.165) is 17.2 Å². The van der Waals surface area contributed by atoms with Crippen molar-refractivity contribution in [3.05, 3.63) is 47.5 Å². The third-order valence-electron chi connectivity index (χ3n) is 7.25. The molecule has 2 aromatic rings. The van der Waals surface area contributed by atoms with Crippen LogP contribution in [0.4, 0.5) is 11.4 Å². The summed E-state index contributed by atoms with van der Waals surface area (Å²) in [6.07, 6.45) is 0. The van der Waals surface area contributed by atoms with E-state index in [2.05, 4.69) is 0 Å². The lowest BCUT2D eigenvalue weighted by molar-refractivity contribution is -0.107. The topological polar surface area (TPSA) is 203 Å². The molecule has 1 saturated heterocycles. The van der Waals surface area contributed by atoms with E-state index < -0.39 is 48.6 Å². The Balaban J connectivity index is 0. The number of hydrogen-bond acceptors (Lipinski definition) is 10. The zero-order chi connectivity index (χ0) is 33.0. The van der Waals surface area contributed by atoms with Gasteiger partial charge in [0.05, 0.1) is 33.5 Å². The number of carbonyl (C=O) groups is 2. The maximum atomic E-state index is 11.3. The van der Waals surface area contributed by atoms with E-state index in [0.29, 0.717) is 0 Å². The minimum Gasteiger partial charge on any atom is -0.478 e. The van der Waals surface area contributed by atoms with E-state index in [-0.39, 0.29) is 37.1 Å².